The van der Waals surface area contributed by atoms with Crippen LogP contribution in [0.5, 0.6) is 0 Å². The van der Waals surface area contributed by atoms with Crippen LogP contribution < -0.4 is 5.32 Å². The van der Waals surface area contributed by atoms with E-state index in [1.807, 2.05) is 19.9 Å². The Morgan fingerprint density at radius 1 is 1.35 bits per heavy atom. The Labute approximate surface area is 155 Å². The fraction of sp³-hybridized carbons (Fsp3) is 0.350. The molecule has 26 heavy (non-hydrogen) atoms. The Kier molecular flexibility index (Phi) is 4.25. The van der Waals surface area contributed by atoms with Gasteiger partial charge in [0.1, 0.15) is 16.8 Å². The topological polar surface area (TPSA) is 78.9 Å². The number of hydrogen-bond acceptors (Lipinski definition) is 5. The Balaban J connectivity index is 1.59. The van der Waals surface area contributed by atoms with Crippen molar-refractivity contribution in [3.63, 3.8) is 0 Å². The zero-order valence-electron chi connectivity index (χ0n) is 14.8. The van der Waals surface area contributed by atoms with E-state index in [1.54, 1.807) is 0 Å². The number of carbonyl (C=O) groups excluding carboxylic acids is 1. The molecule has 1 amide bonds. The highest BCUT2D eigenvalue weighted by Gasteiger charge is 2.22. The molecular formula is C20H19N3O2S. The van der Waals surface area contributed by atoms with Crippen molar-refractivity contribution in [2.24, 2.45) is 0 Å². The van der Waals surface area contributed by atoms with Crippen LogP contribution in [0.15, 0.2) is 16.7 Å². The first-order valence-corrected chi connectivity index (χ1v) is 9.58. The van der Waals surface area contributed by atoms with Gasteiger partial charge in [0.25, 0.3) is 0 Å². The standard InChI is InChI=1S/C20H19N3O2S/c1-11-7-12(2)19-15(23-25-16(19)8-11)9-18(24)22-20-14(10-21)13-5-3-4-6-17(13)26-20/h7-8H,3-6,9H2,1-2H3,(H,22,24). The third-order valence-electron chi connectivity index (χ3n) is 4.85. The average molecular weight is 365 g/mol. The van der Waals surface area contributed by atoms with Gasteiger partial charge >= 0.3 is 0 Å². The van der Waals surface area contributed by atoms with E-state index >= 15 is 0 Å². The van der Waals surface area contributed by atoms with Crippen molar-refractivity contribution in [1.29, 1.82) is 5.26 Å². The van der Waals surface area contributed by atoms with E-state index < -0.39 is 0 Å². The normalized spacial score (nSPS) is 13.4. The van der Waals surface area contributed by atoms with Gasteiger partial charge in [-0.1, -0.05) is 11.2 Å². The highest BCUT2D eigenvalue weighted by atomic mass is 32.1. The fourth-order valence-electron chi connectivity index (χ4n) is 3.74. The van der Waals surface area contributed by atoms with Crippen molar-refractivity contribution in [3.05, 3.63) is 45.0 Å². The summed E-state index contributed by atoms with van der Waals surface area (Å²) in [5.74, 6) is -0.171. The Morgan fingerprint density at radius 2 is 2.15 bits per heavy atom. The van der Waals surface area contributed by atoms with Gasteiger partial charge in [0.2, 0.25) is 5.91 Å². The van der Waals surface area contributed by atoms with Crippen molar-refractivity contribution in [2.45, 2.75) is 46.0 Å². The number of aromatic nitrogens is 1. The maximum absolute atomic E-state index is 12.6. The molecule has 1 aliphatic carbocycles. The molecule has 0 radical (unpaired) electrons. The van der Waals surface area contributed by atoms with Gasteiger partial charge in [-0.2, -0.15) is 5.26 Å². The third-order valence-corrected chi connectivity index (χ3v) is 6.06. The molecular weight excluding hydrogens is 346 g/mol. The van der Waals surface area contributed by atoms with Gasteiger partial charge in [0.05, 0.1) is 12.0 Å². The molecule has 0 bridgehead atoms. The molecule has 1 aromatic carbocycles. The van der Waals surface area contributed by atoms with Crippen molar-refractivity contribution in [1.82, 2.24) is 5.16 Å². The molecule has 6 heteroatoms. The van der Waals surface area contributed by atoms with Crippen LogP contribution in [-0.4, -0.2) is 11.1 Å². The molecule has 0 fully saturated rings. The second-order valence-corrected chi connectivity index (χ2v) is 7.94. The van der Waals surface area contributed by atoms with Gasteiger partial charge in [-0.05, 0) is 62.3 Å². The molecule has 0 saturated carbocycles. The van der Waals surface area contributed by atoms with Crippen LogP contribution in [0.4, 0.5) is 5.00 Å². The number of anilines is 1. The summed E-state index contributed by atoms with van der Waals surface area (Å²) in [5, 5.41) is 18.1. The minimum absolute atomic E-state index is 0.129. The lowest BCUT2D eigenvalue weighted by Gasteiger charge is -2.09. The Morgan fingerprint density at radius 3 is 2.96 bits per heavy atom. The number of nitrogens with zero attached hydrogens (tertiary/aromatic N) is 2. The second kappa shape index (κ2) is 6.58. The molecule has 1 aliphatic rings. The summed E-state index contributed by atoms with van der Waals surface area (Å²) >= 11 is 1.54. The zero-order chi connectivity index (χ0) is 18.3. The lowest BCUT2D eigenvalue weighted by atomic mass is 9.96. The van der Waals surface area contributed by atoms with E-state index in [4.69, 9.17) is 4.52 Å². The molecule has 5 nitrogen and oxygen atoms in total. The maximum Gasteiger partial charge on any atom is 0.231 e. The third kappa shape index (κ3) is 2.89. The van der Waals surface area contributed by atoms with Gasteiger partial charge in [-0.3, -0.25) is 4.79 Å². The summed E-state index contributed by atoms with van der Waals surface area (Å²) in [6, 6.07) is 6.26. The highest BCUT2D eigenvalue weighted by Crippen LogP contribution is 2.37. The quantitative estimate of drug-likeness (QED) is 0.744. The number of nitriles is 1. The number of nitrogens with one attached hydrogen (secondary N) is 1. The van der Waals surface area contributed by atoms with E-state index in [-0.39, 0.29) is 12.3 Å². The molecule has 2 heterocycles. The number of amides is 1. The average Bonchev–Trinajstić information content (AvgIpc) is 3.15. The number of thiophene rings is 1. The molecule has 0 spiro atoms. The molecule has 0 unspecified atom stereocenters. The molecule has 0 aliphatic heterocycles. The Hall–Kier alpha value is -2.65. The molecule has 2 aromatic heterocycles. The maximum atomic E-state index is 12.6. The number of hydrogen-bond donors (Lipinski definition) is 1. The summed E-state index contributed by atoms with van der Waals surface area (Å²) in [7, 11) is 0. The number of fused-ring (bicyclic) bond motifs is 2. The minimum atomic E-state index is -0.171. The van der Waals surface area contributed by atoms with Crippen LogP contribution in [-0.2, 0) is 24.1 Å². The van der Waals surface area contributed by atoms with E-state index in [0.29, 0.717) is 21.8 Å². The summed E-state index contributed by atoms with van der Waals surface area (Å²) in [5.41, 5.74) is 5.25. The van der Waals surface area contributed by atoms with E-state index in [2.05, 4.69) is 22.6 Å². The van der Waals surface area contributed by atoms with Gasteiger partial charge < -0.3 is 9.84 Å². The van der Waals surface area contributed by atoms with Crippen molar-refractivity contribution in [2.75, 3.05) is 5.32 Å². The number of carbonyl (C=O) groups is 1. The molecule has 0 atom stereocenters. The van der Waals surface area contributed by atoms with E-state index in [9.17, 15) is 10.1 Å². The lowest BCUT2D eigenvalue weighted by molar-refractivity contribution is -0.115. The smallest absolute Gasteiger partial charge is 0.231 e. The first kappa shape index (κ1) is 16.8. The van der Waals surface area contributed by atoms with Gasteiger partial charge in [0, 0.05) is 10.3 Å². The summed E-state index contributed by atoms with van der Waals surface area (Å²) in [4.78, 5) is 13.8. The van der Waals surface area contributed by atoms with E-state index in [1.165, 1.54) is 16.2 Å². The SMILES string of the molecule is Cc1cc(C)c2c(CC(=O)Nc3sc4c(c3C#N)CCCC4)noc2c1. The predicted octanol–water partition coefficient (Wildman–Crippen LogP) is 4.44. The number of benzene rings is 1. The Bertz CT molecular complexity index is 1060. The van der Waals surface area contributed by atoms with Crippen molar-refractivity contribution < 1.29 is 9.32 Å². The van der Waals surface area contributed by atoms with Crippen LogP contribution >= 0.6 is 11.3 Å². The summed E-state index contributed by atoms with van der Waals surface area (Å²) in [6.45, 7) is 4.00. The van der Waals surface area contributed by atoms with Crippen LogP contribution in [0.25, 0.3) is 11.0 Å². The summed E-state index contributed by atoms with van der Waals surface area (Å²) in [6.07, 6.45) is 4.31. The molecule has 132 valence electrons. The predicted molar refractivity (Wildman–Crippen MR) is 101 cm³/mol. The van der Waals surface area contributed by atoms with Gasteiger partial charge in [-0.15, -0.1) is 11.3 Å². The largest absolute Gasteiger partial charge is 0.356 e. The molecule has 0 saturated heterocycles. The van der Waals surface area contributed by atoms with E-state index in [0.717, 1.165) is 47.8 Å². The van der Waals surface area contributed by atoms with Crippen molar-refractivity contribution in [3.8, 4) is 6.07 Å². The van der Waals surface area contributed by atoms with Crippen LogP contribution in [0, 0.1) is 25.2 Å². The van der Waals surface area contributed by atoms with Crippen LogP contribution in [0.3, 0.4) is 0 Å². The van der Waals surface area contributed by atoms with Crippen molar-refractivity contribution >= 4 is 33.2 Å². The van der Waals surface area contributed by atoms with Crippen LogP contribution in [0.1, 0.15) is 45.7 Å². The zero-order valence-corrected chi connectivity index (χ0v) is 15.6. The minimum Gasteiger partial charge on any atom is -0.356 e. The van der Waals surface area contributed by atoms with Crippen LogP contribution in [0.2, 0.25) is 0 Å². The summed E-state index contributed by atoms with van der Waals surface area (Å²) < 4.78 is 5.39. The fourth-order valence-corrected chi connectivity index (χ4v) is 4.99. The van der Waals surface area contributed by atoms with Gasteiger partial charge in [-0.25, -0.2) is 0 Å². The molecule has 4 rings (SSSR count). The number of aryl methyl sites for hydroxylation is 3. The monoisotopic (exact) mass is 365 g/mol. The second-order valence-electron chi connectivity index (χ2n) is 6.84. The lowest BCUT2D eigenvalue weighted by Crippen LogP contribution is -2.14. The van der Waals surface area contributed by atoms with Gasteiger partial charge in [0.15, 0.2) is 5.58 Å². The first-order chi connectivity index (χ1) is 12.6. The highest BCUT2D eigenvalue weighted by molar-refractivity contribution is 7.16. The molecule has 3 aromatic rings. The number of rotatable bonds is 3. The first-order valence-electron chi connectivity index (χ1n) is 8.77. The molecule has 1 N–H and O–H groups in total.